The van der Waals surface area contributed by atoms with E-state index >= 15 is 0 Å². The van der Waals surface area contributed by atoms with Gasteiger partial charge in [-0.3, -0.25) is 24.7 Å². The molecule has 3 N–H and O–H groups in total. The van der Waals surface area contributed by atoms with E-state index in [9.17, 15) is 19.2 Å². The van der Waals surface area contributed by atoms with E-state index in [-0.39, 0.29) is 43.1 Å². The van der Waals surface area contributed by atoms with Crippen LogP contribution in [0.5, 0.6) is 23.0 Å². The third-order valence-corrected chi connectivity index (χ3v) is 15.6. The van der Waals surface area contributed by atoms with Gasteiger partial charge in [-0.1, -0.05) is 60.9 Å². The van der Waals surface area contributed by atoms with Crippen LogP contribution in [0.3, 0.4) is 0 Å². The Morgan fingerprint density at radius 2 is 1.48 bits per heavy atom. The number of thiazole rings is 1. The second-order valence-corrected chi connectivity index (χ2v) is 22.6. The lowest BCUT2D eigenvalue weighted by Gasteiger charge is -2.32. The van der Waals surface area contributed by atoms with Gasteiger partial charge in [0.2, 0.25) is 17.7 Å². The summed E-state index contributed by atoms with van der Waals surface area (Å²) in [6, 6.07) is 24.6. The van der Waals surface area contributed by atoms with Crippen LogP contribution >= 0.6 is 11.3 Å². The van der Waals surface area contributed by atoms with Gasteiger partial charge in [0.05, 0.1) is 76.8 Å². The van der Waals surface area contributed by atoms with Crippen molar-refractivity contribution >= 4 is 45.9 Å². The van der Waals surface area contributed by atoms with Crippen LogP contribution in [0.4, 0.5) is 15.6 Å². The normalized spacial score (nSPS) is 13.8. The molecule has 23 heteroatoms. The predicted octanol–water partition coefficient (Wildman–Crippen LogP) is 8.42. The Balaban J connectivity index is 0.617. The fourth-order valence-electron chi connectivity index (χ4n) is 9.59. The molecule has 474 valence electrons. The molecule has 0 bridgehead atoms. The molecule has 89 heavy (non-hydrogen) atoms. The number of rotatable bonds is 39. The summed E-state index contributed by atoms with van der Waals surface area (Å²) in [6.45, 7) is 17.2. The van der Waals surface area contributed by atoms with E-state index in [2.05, 4.69) is 66.2 Å². The van der Waals surface area contributed by atoms with Crippen LogP contribution in [-0.4, -0.2) is 187 Å². The van der Waals surface area contributed by atoms with Crippen molar-refractivity contribution in [3.63, 3.8) is 0 Å². The monoisotopic (exact) mass is 1240 g/mol. The summed E-state index contributed by atoms with van der Waals surface area (Å²) >= 11 is 1.28. The highest BCUT2D eigenvalue weighted by molar-refractivity contribution is 7.14. The zero-order valence-electron chi connectivity index (χ0n) is 51.2. The number of nitrogens with zero attached hydrogens (tertiary/aromatic N) is 9. The molecule has 1 unspecified atom stereocenters. The number of urea groups is 1. The van der Waals surface area contributed by atoms with Gasteiger partial charge in [0, 0.05) is 81.6 Å². The second kappa shape index (κ2) is 36.2. The number of nitrogens with one attached hydrogen (secondary N) is 3. The summed E-state index contributed by atoms with van der Waals surface area (Å²) in [6.07, 6.45) is 15.5. The molecule has 3 aromatic heterocycles. The van der Waals surface area contributed by atoms with Crippen molar-refractivity contribution in [1.82, 2.24) is 49.9 Å². The molecule has 1 saturated heterocycles. The number of benzene rings is 3. The number of piperazine rings is 1. The smallest absolute Gasteiger partial charge is 0.325 e. The number of carbonyl (C=O) groups excluding carboxylic acids is 4. The number of ether oxygens (including phenoxy) is 6. The lowest BCUT2D eigenvalue weighted by Crippen LogP contribution is -2.47. The lowest BCUT2D eigenvalue weighted by atomic mass is 10.0. The Hall–Kier alpha value is -8.32. The number of hydrogen-bond acceptors (Lipinski definition) is 17. The fourth-order valence-corrected chi connectivity index (χ4v) is 10.3. The number of carbonyl (C=O) groups is 4. The number of pyridine rings is 1. The van der Waals surface area contributed by atoms with E-state index in [4.69, 9.17) is 28.4 Å². The van der Waals surface area contributed by atoms with E-state index in [0.29, 0.717) is 125 Å². The van der Waals surface area contributed by atoms with Gasteiger partial charge in [0.1, 0.15) is 35.6 Å². The average molecular weight is 1240 g/mol. The number of aromatic nitrogens is 5. The van der Waals surface area contributed by atoms with Crippen LogP contribution in [0.25, 0.3) is 0 Å². The summed E-state index contributed by atoms with van der Waals surface area (Å²) in [5.41, 5.74) is 4.59. The maximum absolute atomic E-state index is 14.1. The van der Waals surface area contributed by atoms with Gasteiger partial charge in [-0.15, -0.1) is 16.4 Å². The maximum Gasteiger partial charge on any atom is 0.325 e. The number of allylic oxidation sites excluding steroid dienone is 2. The molecule has 1 saturated carbocycles. The summed E-state index contributed by atoms with van der Waals surface area (Å²) in [5.74, 6) is 2.33. The fraction of sp³-hybridized carbons (Fsp3) is 0.424. The lowest BCUT2D eigenvalue weighted by molar-refractivity contribution is -0.141. The van der Waals surface area contributed by atoms with Crippen LogP contribution < -0.4 is 30.2 Å². The van der Waals surface area contributed by atoms with Gasteiger partial charge in [-0.2, -0.15) is 0 Å². The maximum atomic E-state index is 14.1. The number of likely N-dealkylation sites (N-methyl/N-ethyl adjacent to an activating group) is 2. The highest BCUT2D eigenvalue weighted by atomic mass is 32.1. The van der Waals surface area contributed by atoms with E-state index in [1.807, 2.05) is 72.7 Å². The molecule has 0 spiro atoms. The topological polar surface area (TPSA) is 229 Å². The van der Waals surface area contributed by atoms with Crippen molar-refractivity contribution in [2.24, 2.45) is 0 Å². The van der Waals surface area contributed by atoms with Crippen LogP contribution in [0.15, 0.2) is 146 Å². The Morgan fingerprint density at radius 3 is 2.21 bits per heavy atom. The number of hydrogen-bond donors (Lipinski definition) is 3. The average Bonchev–Trinajstić information content (AvgIpc) is 3.11. The predicted molar refractivity (Wildman–Crippen MR) is 342 cm³/mol. The third kappa shape index (κ3) is 23.3. The van der Waals surface area contributed by atoms with Gasteiger partial charge >= 0.3 is 6.03 Å². The summed E-state index contributed by atoms with van der Waals surface area (Å²) in [5, 5.41) is 19.3. The zero-order chi connectivity index (χ0) is 62.4. The van der Waals surface area contributed by atoms with Crippen LogP contribution in [0.2, 0.25) is 0 Å². The summed E-state index contributed by atoms with van der Waals surface area (Å²) in [7, 11) is 4.14. The molecule has 8 rings (SSSR count). The number of unbranched alkanes of at least 4 members (excludes halogenated alkanes) is 1. The second-order valence-electron chi connectivity index (χ2n) is 21.7. The molecule has 1 aliphatic heterocycles. The molecular weight excluding hydrogens is 1150 g/mol. The van der Waals surface area contributed by atoms with Gasteiger partial charge in [-0.25, -0.2) is 14.5 Å². The highest BCUT2D eigenvalue weighted by Crippen LogP contribution is 2.37. The van der Waals surface area contributed by atoms with E-state index in [1.54, 1.807) is 75.9 Å². The first-order valence-electron chi connectivity index (χ1n) is 30.4. The number of aryl methyl sites for hydroxylation is 1. The van der Waals surface area contributed by atoms with Crippen molar-refractivity contribution < 1.29 is 47.6 Å². The van der Waals surface area contributed by atoms with Crippen molar-refractivity contribution in [1.29, 1.82) is 0 Å². The molecule has 2 aliphatic rings. The molecule has 4 heterocycles. The van der Waals surface area contributed by atoms with Gasteiger partial charge in [0.15, 0.2) is 5.13 Å². The van der Waals surface area contributed by atoms with Gasteiger partial charge < -0.3 is 58.7 Å². The van der Waals surface area contributed by atoms with Crippen molar-refractivity contribution in [3.8, 4) is 23.0 Å². The SMILES string of the molecule is C=C/C=C(\C=C)CNC(=O)C(c1ccc(Oc2cccnc2)cc1)N(C(=O)CCc1ccc(OCCCCN(C)CCOCCOCCc2cn(CCOCCOc3ccc(NC(=O)Nc4nc(CC(=O)N5CCN(C)CC5)cs4)cc3)nn2)cc1)C1CC1. The molecular formula is C66H84N12O10S. The summed E-state index contributed by atoms with van der Waals surface area (Å²) in [4.78, 5) is 70.1. The number of anilines is 2. The molecule has 1 atom stereocenters. The third-order valence-electron chi connectivity index (χ3n) is 14.7. The van der Waals surface area contributed by atoms with Crippen molar-refractivity contribution in [2.75, 3.05) is 123 Å². The Morgan fingerprint density at radius 1 is 0.764 bits per heavy atom. The van der Waals surface area contributed by atoms with Crippen LogP contribution in [0, 0.1) is 0 Å². The Bertz CT molecular complexity index is 3170. The molecule has 6 aromatic rings. The van der Waals surface area contributed by atoms with E-state index in [0.717, 1.165) is 74.4 Å². The van der Waals surface area contributed by atoms with E-state index in [1.165, 1.54) is 11.3 Å². The largest absolute Gasteiger partial charge is 0.494 e. The minimum absolute atomic E-state index is 0.0254. The first kappa shape index (κ1) is 66.6. The highest BCUT2D eigenvalue weighted by Gasteiger charge is 2.41. The Labute approximate surface area is 525 Å². The Kier molecular flexibility index (Phi) is 27.1. The minimum Gasteiger partial charge on any atom is -0.494 e. The molecule has 0 radical (unpaired) electrons. The first-order valence-corrected chi connectivity index (χ1v) is 31.3. The number of amides is 5. The molecule has 22 nitrogen and oxygen atoms in total. The van der Waals surface area contributed by atoms with Crippen molar-refractivity contribution in [3.05, 3.63) is 168 Å². The molecule has 1 aliphatic carbocycles. The minimum atomic E-state index is -0.826. The summed E-state index contributed by atoms with van der Waals surface area (Å²) < 4.78 is 37.0. The van der Waals surface area contributed by atoms with Gasteiger partial charge in [-0.05, 0) is 130 Å². The molecule has 3 aromatic carbocycles. The van der Waals surface area contributed by atoms with Crippen LogP contribution in [0.1, 0.15) is 60.7 Å². The zero-order valence-corrected chi connectivity index (χ0v) is 52.0. The van der Waals surface area contributed by atoms with E-state index < -0.39 is 12.1 Å². The van der Waals surface area contributed by atoms with Crippen LogP contribution in [-0.2, 0) is 54.4 Å². The first-order chi connectivity index (χ1) is 43.5. The quantitative estimate of drug-likeness (QED) is 0.0243. The van der Waals surface area contributed by atoms with Gasteiger partial charge in [0.25, 0.3) is 0 Å². The standard InChI is InChI=1S/C66H84N12O10S/c1-5-10-50(6-2)46-68-64(81)63(52-15-23-59(24-16-52)88-60-11-9-29-67-47-60)78(56-19-20-56)61(79)27-14-51-12-21-57(22-13-51)86-37-8-7-30-74(3)35-39-84-42-41-83-38-28-54-48-77(73-72-54)36-40-85-43-44-87-58-25-17-53(18-26-58)69-65(82)71-66-70-55(49-89-66)45-62(80)76-33-31-75(4)32-34-76/h5-6,9-13,15-18,21-26,29,47-49,56,63H,1-2,7-8,14,19-20,27-28,30-46H2,3-4H3,(H,68,81)(H2,69,70,71,82)/b50-10+. The molecule has 2 fully saturated rings. The van der Waals surface area contributed by atoms with Crippen molar-refractivity contribution in [2.45, 2.75) is 70.0 Å². The molecule has 5 amide bonds.